The molecule has 0 saturated carbocycles. The van der Waals surface area contributed by atoms with Crippen LogP contribution in [0.1, 0.15) is 30.5 Å². The third-order valence-electron chi connectivity index (χ3n) is 3.09. The fourth-order valence-corrected chi connectivity index (χ4v) is 2.82. The summed E-state index contributed by atoms with van der Waals surface area (Å²) < 4.78 is 28.4. The minimum Gasteiger partial charge on any atom is -0.306 e. The Labute approximate surface area is 136 Å². The molecule has 1 nitrogen and oxygen atoms in total. The smallest absolute Gasteiger partial charge is 0.129 e. The number of halogens is 4. The third kappa shape index (κ3) is 4.25. The highest BCUT2D eigenvalue weighted by Gasteiger charge is 2.18. The Morgan fingerprint density at radius 2 is 1.95 bits per heavy atom. The van der Waals surface area contributed by atoms with Crippen molar-refractivity contribution in [1.29, 1.82) is 0 Å². The number of hydrogen-bond donors (Lipinski definition) is 1. The second-order valence-electron chi connectivity index (χ2n) is 4.76. The van der Waals surface area contributed by atoms with Crippen LogP contribution in [0, 0.1) is 11.6 Å². The van der Waals surface area contributed by atoms with Gasteiger partial charge in [0.1, 0.15) is 11.6 Å². The van der Waals surface area contributed by atoms with E-state index in [1.54, 1.807) is 18.2 Å². The second kappa shape index (κ2) is 7.34. The van der Waals surface area contributed by atoms with Crippen LogP contribution in [0.4, 0.5) is 8.78 Å². The van der Waals surface area contributed by atoms with Crippen molar-refractivity contribution in [2.24, 2.45) is 0 Å². The Kier molecular flexibility index (Phi) is 5.73. The summed E-state index contributed by atoms with van der Waals surface area (Å²) in [5.41, 5.74) is 1.11. The molecule has 5 heteroatoms. The van der Waals surface area contributed by atoms with E-state index in [2.05, 4.69) is 21.2 Å². The first-order valence-corrected chi connectivity index (χ1v) is 7.82. The van der Waals surface area contributed by atoms with E-state index in [0.717, 1.165) is 6.42 Å². The number of hydrogen-bond acceptors (Lipinski definition) is 1. The molecular formula is C16H15BrClF2N. The lowest BCUT2D eigenvalue weighted by Gasteiger charge is -2.20. The maximum Gasteiger partial charge on any atom is 0.129 e. The van der Waals surface area contributed by atoms with E-state index in [0.29, 0.717) is 27.2 Å². The molecule has 112 valence electrons. The molecule has 1 unspecified atom stereocenters. The first kappa shape index (κ1) is 16.4. The van der Waals surface area contributed by atoms with Gasteiger partial charge in [0.15, 0.2) is 0 Å². The van der Waals surface area contributed by atoms with Crippen LogP contribution in [0.15, 0.2) is 40.9 Å². The van der Waals surface area contributed by atoms with Crippen LogP contribution in [-0.4, -0.2) is 6.54 Å². The minimum absolute atomic E-state index is 0.339. The van der Waals surface area contributed by atoms with Crippen molar-refractivity contribution in [2.75, 3.05) is 6.54 Å². The Morgan fingerprint density at radius 1 is 1.19 bits per heavy atom. The van der Waals surface area contributed by atoms with Crippen molar-refractivity contribution in [1.82, 2.24) is 5.32 Å². The van der Waals surface area contributed by atoms with E-state index >= 15 is 0 Å². The Hall–Kier alpha value is -0.970. The van der Waals surface area contributed by atoms with Crippen LogP contribution in [0.3, 0.4) is 0 Å². The first-order chi connectivity index (χ1) is 10.0. The van der Waals surface area contributed by atoms with Gasteiger partial charge in [-0.3, -0.25) is 0 Å². The molecule has 0 bridgehead atoms. The molecule has 0 aliphatic carbocycles. The summed E-state index contributed by atoms with van der Waals surface area (Å²) in [6.45, 7) is 2.71. The lowest BCUT2D eigenvalue weighted by atomic mass is 9.98. The molecule has 2 aromatic rings. The van der Waals surface area contributed by atoms with Crippen LogP contribution in [0.25, 0.3) is 0 Å². The highest BCUT2D eigenvalue weighted by molar-refractivity contribution is 9.10. The SMILES string of the molecule is CCCNC(c1cc(F)cc(Br)c1)c1ccc(Cl)cc1F. The zero-order valence-electron chi connectivity index (χ0n) is 11.5. The van der Waals surface area contributed by atoms with E-state index in [1.165, 1.54) is 18.2 Å². The summed E-state index contributed by atoms with van der Waals surface area (Å²) in [5, 5.41) is 3.58. The summed E-state index contributed by atoms with van der Waals surface area (Å²) in [7, 11) is 0. The molecule has 0 saturated heterocycles. The normalized spacial score (nSPS) is 12.4. The highest BCUT2D eigenvalue weighted by Crippen LogP contribution is 2.29. The number of rotatable bonds is 5. The average Bonchev–Trinajstić information content (AvgIpc) is 2.40. The van der Waals surface area contributed by atoms with E-state index in [-0.39, 0.29) is 5.82 Å². The monoisotopic (exact) mass is 373 g/mol. The van der Waals surface area contributed by atoms with Gasteiger partial charge < -0.3 is 5.32 Å². The Morgan fingerprint density at radius 3 is 2.57 bits per heavy atom. The summed E-state index contributed by atoms with van der Waals surface area (Å²) in [6.07, 6.45) is 0.891. The third-order valence-corrected chi connectivity index (χ3v) is 3.78. The molecule has 1 N–H and O–H groups in total. The molecule has 0 fully saturated rings. The molecular weight excluding hydrogens is 360 g/mol. The van der Waals surface area contributed by atoms with Crippen LogP contribution >= 0.6 is 27.5 Å². The van der Waals surface area contributed by atoms with E-state index < -0.39 is 11.9 Å². The van der Waals surface area contributed by atoms with Crippen molar-refractivity contribution in [2.45, 2.75) is 19.4 Å². The quantitative estimate of drug-likeness (QED) is 0.732. The molecule has 2 rings (SSSR count). The van der Waals surface area contributed by atoms with Gasteiger partial charge in [-0.25, -0.2) is 8.78 Å². The lowest BCUT2D eigenvalue weighted by molar-refractivity contribution is 0.542. The number of benzene rings is 2. The molecule has 21 heavy (non-hydrogen) atoms. The van der Waals surface area contributed by atoms with Crippen LogP contribution in [0.2, 0.25) is 5.02 Å². The molecule has 2 aromatic carbocycles. The summed E-state index contributed by atoms with van der Waals surface area (Å²) in [5.74, 6) is -0.770. The predicted molar refractivity (Wildman–Crippen MR) is 85.6 cm³/mol. The van der Waals surface area contributed by atoms with Gasteiger partial charge in [0.2, 0.25) is 0 Å². The first-order valence-electron chi connectivity index (χ1n) is 6.65. The molecule has 0 amide bonds. The van der Waals surface area contributed by atoms with E-state index in [9.17, 15) is 8.78 Å². The molecule has 0 radical (unpaired) electrons. The molecule has 0 aliphatic heterocycles. The lowest BCUT2D eigenvalue weighted by Crippen LogP contribution is -2.24. The minimum atomic E-state index is -0.422. The van der Waals surface area contributed by atoms with Gasteiger partial charge in [0, 0.05) is 15.1 Å². The Balaban J connectivity index is 2.46. The fourth-order valence-electron chi connectivity index (χ4n) is 2.17. The standard InChI is InChI=1S/C16H15BrClF2N/c1-2-5-21-16(10-6-11(17)8-13(19)7-10)14-4-3-12(18)9-15(14)20/h3-4,6-9,16,21H,2,5H2,1H3. The van der Waals surface area contributed by atoms with Gasteiger partial charge in [-0.15, -0.1) is 0 Å². The summed E-state index contributed by atoms with van der Waals surface area (Å²) in [4.78, 5) is 0. The average molecular weight is 375 g/mol. The molecule has 1 atom stereocenters. The van der Waals surface area contributed by atoms with Gasteiger partial charge in [0.25, 0.3) is 0 Å². The van der Waals surface area contributed by atoms with Gasteiger partial charge in [-0.2, -0.15) is 0 Å². The largest absolute Gasteiger partial charge is 0.306 e. The van der Waals surface area contributed by atoms with E-state index in [4.69, 9.17) is 11.6 Å². The topological polar surface area (TPSA) is 12.0 Å². The van der Waals surface area contributed by atoms with Crippen molar-refractivity contribution in [3.8, 4) is 0 Å². The van der Waals surface area contributed by atoms with Gasteiger partial charge >= 0.3 is 0 Å². The van der Waals surface area contributed by atoms with Crippen LogP contribution in [-0.2, 0) is 0 Å². The van der Waals surface area contributed by atoms with Crippen molar-refractivity contribution < 1.29 is 8.78 Å². The van der Waals surface area contributed by atoms with Crippen LogP contribution < -0.4 is 5.32 Å². The molecule has 0 spiro atoms. The van der Waals surface area contributed by atoms with Crippen molar-refractivity contribution >= 4 is 27.5 Å². The zero-order chi connectivity index (χ0) is 15.4. The molecule has 0 aromatic heterocycles. The highest BCUT2D eigenvalue weighted by atomic mass is 79.9. The summed E-state index contributed by atoms with van der Waals surface area (Å²) in [6, 6.07) is 8.67. The Bertz CT molecular complexity index is 613. The maximum absolute atomic E-state index is 14.2. The fraction of sp³-hybridized carbons (Fsp3) is 0.250. The molecule has 0 heterocycles. The van der Waals surface area contributed by atoms with Crippen molar-refractivity contribution in [3.05, 3.63) is 68.7 Å². The van der Waals surface area contributed by atoms with Crippen LogP contribution in [0.5, 0.6) is 0 Å². The predicted octanol–water partition coefficient (Wildman–Crippen LogP) is 5.47. The van der Waals surface area contributed by atoms with Gasteiger partial charge in [-0.1, -0.05) is 40.5 Å². The number of nitrogens with one attached hydrogen (secondary N) is 1. The van der Waals surface area contributed by atoms with Gasteiger partial charge in [-0.05, 0) is 48.9 Å². The molecule has 0 aliphatic rings. The zero-order valence-corrected chi connectivity index (χ0v) is 13.8. The van der Waals surface area contributed by atoms with Crippen molar-refractivity contribution in [3.63, 3.8) is 0 Å². The second-order valence-corrected chi connectivity index (χ2v) is 6.11. The maximum atomic E-state index is 14.2. The van der Waals surface area contributed by atoms with E-state index in [1.807, 2.05) is 6.92 Å². The van der Waals surface area contributed by atoms with Gasteiger partial charge in [0.05, 0.1) is 6.04 Å². The summed E-state index contributed by atoms with van der Waals surface area (Å²) >= 11 is 9.06.